The van der Waals surface area contributed by atoms with Crippen LogP contribution in [0.15, 0.2) is 18.2 Å². The molecule has 92 valence electrons. The molecule has 0 fully saturated rings. The Kier molecular flexibility index (Phi) is 3.05. The summed E-state index contributed by atoms with van der Waals surface area (Å²) in [5, 5.41) is 8.88. The van der Waals surface area contributed by atoms with Crippen molar-refractivity contribution >= 4 is 11.7 Å². The van der Waals surface area contributed by atoms with Gasteiger partial charge in [0.05, 0.1) is 12.1 Å². The predicted octanol–water partition coefficient (Wildman–Crippen LogP) is 2.61. The van der Waals surface area contributed by atoms with E-state index in [4.69, 9.17) is 5.11 Å². The molecule has 0 amide bonds. The summed E-state index contributed by atoms with van der Waals surface area (Å²) in [5.74, 6) is -1.21. The second-order valence-corrected chi connectivity index (χ2v) is 4.72. The van der Waals surface area contributed by atoms with Crippen molar-refractivity contribution in [3.05, 3.63) is 29.6 Å². The van der Waals surface area contributed by atoms with Crippen LogP contribution in [0.5, 0.6) is 0 Å². The molecule has 1 aromatic rings. The summed E-state index contributed by atoms with van der Waals surface area (Å²) in [7, 11) is 0. The van der Waals surface area contributed by atoms with Crippen LogP contribution in [0.1, 0.15) is 31.7 Å². The van der Waals surface area contributed by atoms with Crippen LogP contribution in [-0.2, 0) is 4.79 Å². The minimum absolute atomic E-state index is 0.0552. The summed E-state index contributed by atoms with van der Waals surface area (Å²) in [6.07, 6.45) is 0.0552. The van der Waals surface area contributed by atoms with Crippen molar-refractivity contribution in [2.24, 2.45) is 0 Å². The fraction of sp³-hybridized carbons (Fsp3) is 0.462. The summed E-state index contributed by atoms with van der Waals surface area (Å²) >= 11 is 0. The minimum Gasteiger partial charge on any atom is -0.481 e. The van der Waals surface area contributed by atoms with Gasteiger partial charge in [-0.25, -0.2) is 4.39 Å². The van der Waals surface area contributed by atoms with Crippen molar-refractivity contribution in [3.63, 3.8) is 0 Å². The maximum atomic E-state index is 13.8. The summed E-state index contributed by atoms with van der Waals surface area (Å²) in [5.41, 5.74) is 1.40. The standard InChI is InChI=1S/C13H16FNO2/c1-8(2)15-7-9(6-12(16)17)10-4-3-5-11(14)13(10)15/h3-5,8-9H,6-7H2,1-2H3,(H,16,17). The number of anilines is 1. The van der Waals surface area contributed by atoms with Crippen molar-refractivity contribution in [1.82, 2.24) is 0 Å². The van der Waals surface area contributed by atoms with Gasteiger partial charge in [-0.1, -0.05) is 12.1 Å². The van der Waals surface area contributed by atoms with E-state index >= 15 is 0 Å². The summed E-state index contributed by atoms with van der Waals surface area (Å²) in [6.45, 7) is 4.55. The lowest BCUT2D eigenvalue weighted by molar-refractivity contribution is -0.137. The monoisotopic (exact) mass is 237 g/mol. The topological polar surface area (TPSA) is 40.5 Å². The number of halogens is 1. The molecule has 17 heavy (non-hydrogen) atoms. The molecular weight excluding hydrogens is 221 g/mol. The molecule has 0 spiro atoms. The molecule has 1 aliphatic rings. The second-order valence-electron chi connectivity index (χ2n) is 4.72. The molecule has 2 rings (SSSR count). The molecule has 1 atom stereocenters. The zero-order chi connectivity index (χ0) is 12.6. The van der Waals surface area contributed by atoms with E-state index in [1.165, 1.54) is 6.07 Å². The van der Waals surface area contributed by atoms with Crippen LogP contribution in [0.25, 0.3) is 0 Å². The number of carbonyl (C=O) groups is 1. The SMILES string of the molecule is CC(C)N1CC(CC(=O)O)c2cccc(F)c21. The Hall–Kier alpha value is -1.58. The molecular formula is C13H16FNO2. The Bertz CT molecular complexity index is 445. The number of aliphatic carboxylic acids is 1. The Balaban J connectivity index is 2.41. The molecule has 1 N–H and O–H groups in total. The average molecular weight is 237 g/mol. The first-order chi connectivity index (χ1) is 8.00. The van der Waals surface area contributed by atoms with E-state index < -0.39 is 5.97 Å². The van der Waals surface area contributed by atoms with Gasteiger partial charge in [-0.15, -0.1) is 0 Å². The van der Waals surface area contributed by atoms with Crippen LogP contribution >= 0.6 is 0 Å². The number of hydrogen-bond acceptors (Lipinski definition) is 2. The van der Waals surface area contributed by atoms with Crippen LogP contribution in [0, 0.1) is 5.82 Å². The van der Waals surface area contributed by atoms with Gasteiger partial charge in [0.1, 0.15) is 5.82 Å². The minimum atomic E-state index is -0.837. The largest absolute Gasteiger partial charge is 0.481 e. The third kappa shape index (κ3) is 2.12. The third-order valence-electron chi connectivity index (χ3n) is 3.21. The number of nitrogens with zero attached hydrogens (tertiary/aromatic N) is 1. The van der Waals surface area contributed by atoms with Crippen molar-refractivity contribution < 1.29 is 14.3 Å². The predicted molar refractivity (Wildman–Crippen MR) is 63.9 cm³/mol. The first kappa shape index (κ1) is 11.9. The molecule has 3 nitrogen and oxygen atoms in total. The lowest BCUT2D eigenvalue weighted by Gasteiger charge is -2.24. The second kappa shape index (κ2) is 4.35. The van der Waals surface area contributed by atoms with Gasteiger partial charge in [-0.3, -0.25) is 4.79 Å². The highest BCUT2D eigenvalue weighted by Crippen LogP contribution is 2.40. The van der Waals surface area contributed by atoms with Gasteiger partial charge >= 0.3 is 5.97 Å². The average Bonchev–Trinajstić information content (AvgIpc) is 2.58. The Morgan fingerprint density at radius 2 is 2.29 bits per heavy atom. The van der Waals surface area contributed by atoms with E-state index in [-0.39, 0.29) is 24.2 Å². The van der Waals surface area contributed by atoms with E-state index in [0.717, 1.165) is 5.56 Å². The number of rotatable bonds is 3. The molecule has 1 aliphatic heterocycles. The van der Waals surface area contributed by atoms with Gasteiger partial charge in [-0.2, -0.15) is 0 Å². The third-order valence-corrected chi connectivity index (χ3v) is 3.21. The first-order valence-electron chi connectivity index (χ1n) is 5.77. The van der Waals surface area contributed by atoms with Crippen molar-refractivity contribution in [1.29, 1.82) is 0 Å². The summed E-state index contributed by atoms with van der Waals surface area (Å²) in [6, 6.07) is 5.07. The highest BCUT2D eigenvalue weighted by atomic mass is 19.1. The maximum Gasteiger partial charge on any atom is 0.304 e. The molecule has 1 aromatic carbocycles. The Morgan fingerprint density at radius 3 is 2.88 bits per heavy atom. The van der Waals surface area contributed by atoms with Crippen LogP contribution < -0.4 is 4.90 Å². The molecule has 4 heteroatoms. The van der Waals surface area contributed by atoms with Crippen LogP contribution in [0.2, 0.25) is 0 Å². The fourth-order valence-corrected chi connectivity index (χ4v) is 2.45. The molecule has 0 bridgehead atoms. The number of hydrogen-bond donors (Lipinski definition) is 1. The maximum absolute atomic E-state index is 13.8. The highest BCUT2D eigenvalue weighted by molar-refractivity contribution is 5.71. The molecule has 1 heterocycles. The van der Waals surface area contributed by atoms with Gasteiger partial charge in [-0.05, 0) is 25.5 Å². The Morgan fingerprint density at radius 1 is 1.59 bits per heavy atom. The van der Waals surface area contributed by atoms with Crippen LogP contribution in [0.4, 0.5) is 10.1 Å². The lowest BCUT2D eigenvalue weighted by Crippen LogP contribution is -2.30. The highest BCUT2D eigenvalue weighted by Gasteiger charge is 2.33. The zero-order valence-corrected chi connectivity index (χ0v) is 9.98. The van der Waals surface area contributed by atoms with Gasteiger partial charge in [0, 0.05) is 18.5 Å². The van der Waals surface area contributed by atoms with Crippen molar-refractivity contribution in [2.75, 3.05) is 11.4 Å². The van der Waals surface area contributed by atoms with E-state index in [1.54, 1.807) is 6.07 Å². The van der Waals surface area contributed by atoms with E-state index in [0.29, 0.717) is 12.2 Å². The number of benzene rings is 1. The molecule has 0 aliphatic carbocycles. The zero-order valence-electron chi connectivity index (χ0n) is 9.98. The number of fused-ring (bicyclic) bond motifs is 1. The van der Waals surface area contributed by atoms with E-state index in [2.05, 4.69) is 0 Å². The molecule has 0 saturated heterocycles. The quantitative estimate of drug-likeness (QED) is 0.878. The van der Waals surface area contributed by atoms with Gasteiger partial charge in [0.25, 0.3) is 0 Å². The van der Waals surface area contributed by atoms with Crippen molar-refractivity contribution in [3.8, 4) is 0 Å². The van der Waals surface area contributed by atoms with E-state index in [1.807, 2.05) is 24.8 Å². The molecule has 0 saturated carbocycles. The smallest absolute Gasteiger partial charge is 0.304 e. The van der Waals surface area contributed by atoms with Gasteiger partial charge < -0.3 is 10.0 Å². The molecule has 0 aromatic heterocycles. The van der Waals surface area contributed by atoms with Crippen molar-refractivity contribution in [2.45, 2.75) is 32.2 Å². The van der Waals surface area contributed by atoms with Gasteiger partial charge in [0.2, 0.25) is 0 Å². The number of carboxylic acid groups (broad SMARTS) is 1. The normalized spacial score (nSPS) is 18.6. The van der Waals surface area contributed by atoms with E-state index in [9.17, 15) is 9.18 Å². The molecule has 0 radical (unpaired) electrons. The molecule has 1 unspecified atom stereocenters. The van der Waals surface area contributed by atoms with Gasteiger partial charge in [0.15, 0.2) is 0 Å². The Labute approximate surface area is 99.9 Å². The summed E-state index contributed by atoms with van der Waals surface area (Å²) < 4.78 is 13.8. The lowest BCUT2D eigenvalue weighted by atomic mass is 9.98. The first-order valence-corrected chi connectivity index (χ1v) is 5.77. The van der Waals surface area contributed by atoms with Crippen LogP contribution in [-0.4, -0.2) is 23.7 Å². The number of para-hydroxylation sites is 1. The summed E-state index contributed by atoms with van der Waals surface area (Å²) in [4.78, 5) is 12.8. The fourth-order valence-electron chi connectivity index (χ4n) is 2.45. The van der Waals surface area contributed by atoms with Crippen LogP contribution in [0.3, 0.4) is 0 Å². The number of carboxylic acids is 1.